The molecular weight excluding hydrogens is 396 g/mol. The summed E-state index contributed by atoms with van der Waals surface area (Å²) in [6.45, 7) is -0.545. The first-order chi connectivity index (χ1) is 12.3. The number of fused-ring (bicyclic) bond motifs is 2. The molecule has 2 unspecified atom stereocenters. The number of amides is 2. The van der Waals surface area contributed by atoms with Gasteiger partial charge in [0.15, 0.2) is 5.76 Å². The van der Waals surface area contributed by atoms with E-state index >= 15 is 0 Å². The smallest absolute Gasteiger partial charge is 0.287 e. The molecule has 0 aromatic carbocycles. The number of sulfonamides is 1. The molecule has 2 fully saturated rings. The summed E-state index contributed by atoms with van der Waals surface area (Å²) < 4.78 is 31.2. The quantitative estimate of drug-likeness (QED) is 0.511. The molecule has 1 aromatic rings. The first-order valence-corrected chi connectivity index (χ1v) is 10.2. The Hall–Kier alpha value is -1.62. The predicted octanol–water partition coefficient (Wildman–Crippen LogP) is 0.101. The van der Waals surface area contributed by atoms with Crippen molar-refractivity contribution in [3.63, 3.8) is 0 Å². The van der Waals surface area contributed by atoms with Gasteiger partial charge in [0.25, 0.3) is 15.9 Å². The largest absolute Gasteiger partial charge is 0.438 e. The number of furan rings is 1. The van der Waals surface area contributed by atoms with Gasteiger partial charge in [0, 0.05) is 12.1 Å². The average molecular weight is 421 g/mol. The Bertz CT molecular complexity index is 782. The highest BCUT2D eigenvalue weighted by Crippen LogP contribution is 2.39. The van der Waals surface area contributed by atoms with Crippen molar-refractivity contribution < 1.29 is 22.4 Å². The molecule has 0 saturated heterocycles. The molecule has 2 atom stereocenters. The molecule has 1 heterocycles. The maximum Gasteiger partial charge on any atom is 0.287 e. The van der Waals surface area contributed by atoms with Gasteiger partial charge in [-0.15, -0.1) is 12.4 Å². The first kappa shape index (κ1) is 21.7. The minimum absolute atomic E-state index is 0. The van der Waals surface area contributed by atoms with Crippen molar-refractivity contribution in [2.75, 3.05) is 6.54 Å². The summed E-state index contributed by atoms with van der Waals surface area (Å²) in [7, 11) is -4.04. The monoisotopic (exact) mass is 420 g/mol. The third-order valence-electron chi connectivity index (χ3n) is 5.18. The van der Waals surface area contributed by atoms with E-state index < -0.39 is 33.5 Å². The highest BCUT2D eigenvalue weighted by atomic mass is 35.5. The molecule has 152 valence electrons. The van der Waals surface area contributed by atoms with Crippen LogP contribution in [0.3, 0.4) is 0 Å². The first-order valence-electron chi connectivity index (χ1n) is 8.70. The topological polar surface area (TPSA) is 158 Å². The van der Waals surface area contributed by atoms with Crippen molar-refractivity contribution in [3.8, 4) is 0 Å². The summed E-state index contributed by atoms with van der Waals surface area (Å²) in [5.74, 6) is -0.662. The van der Waals surface area contributed by atoms with Gasteiger partial charge in [0.1, 0.15) is 0 Å². The Morgan fingerprint density at radius 3 is 2.41 bits per heavy atom. The molecule has 2 saturated carbocycles. The van der Waals surface area contributed by atoms with Crippen molar-refractivity contribution in [2.24, 2.45) is 23.3 Å². The summed E-state index contributed by atoms with van der Waals surface area (Å²) in [5.41, 5.74) is 11.0. The van der Waals surface area contributed by atoms with E-state index in [1.165, 1.54) is 12.1 Å². The van der Waals surface area contributed by atoms with Gasteiger partial charge in [-0.3, -0.25) is 9.59 Å². The summed E-state index contributed by atoms with van der Waals surface area (Å²) >= 11 is 0. The lowest BCUT2D eigenvalue weighted by molar-refractivity contribution is -0.116. The minimum Gasteiger partial charge on any atom is -0.438 e. The van der Waals surface area contributed by atoms with E-state index in [9.17, 15) is 18.0 Å². The molecule has 0 aliphatic heterocycles. The Morgan fingerprint density at radius 2 is 1.81 bits per heavy atom. The second-order valence-corrected chi connectivity index (χ2v) is 8.79. The van der Waals surface area contributed by atoms with Gasteiger partial charge in [0.2, 0.25) is 11.0 Å². The van der Waals surface area contributed by atoms with Gasteiger partial charge in [0.05, 0.1) is 6.54 Å². The molecule has 9 nitrogen and oxygen atoms in total. The van der Waals surface area contributed by atoms with E-state index in [-0.39, 0.29) is 30.3 Å². The molecule has 6 N–H and O–H groups in total. The van der Waals surface area contributed by atoms with Gasteiger partial charge in [-0.05, 0) is 49.7 Å². The van der Waals surface area contributed by atoms with Crippen LogP contribution in [0.15, 0.2) is 21.6 Å². The molecule has 27 heavy (non-hydrogen) atoms. The maximum atomic E-state index is 12.5. The lowest BCUT2D eigenvalue weighted by atomic mass is 9.67. The summed E-state index contributed by atoms with van der Waals surface area (Å²) in [4.78, 5) is 23.2. The average Bonchev–Trinajstić information content (AvgIpc) is 3.05. The number of halogens is 1. The Balaban J connectivity index is 0.00000261. The Labute approximate surface area is 164 Å². The molecule has 2 amide bonds. The number of hydrogen-bond donors (Lipinski definition) is 4. The molecule has 2 bridgehead atoms. The second-order valence-electron chi connectivity index (χ2n) is 7.09. The zero-order valence-corrected chi connectivity index (χ0v) is 16.4. The molecule has 11 heteroatoms. The van der Waals surface area contributed by atoms with Gasteiger partial charge in [-0.25, -0.2) is 8.42 Å². The van der Waals surface area contributed by atoms with Crippen LogP contribution in [0, 0.1) is 11.8 Å². The molecular formula is C16H25ClN4O5S. The number of nitrogens with two attached hydrogens (primary N) is 2. The van der Waals surface area contributed by atoms with Crippen LogP contribution >= 0.6 is 12.4 Å². The molecule has 0 spiro atoms. The maximum absolute atomic E-state index is 12.5. The highest BCUT2D eigenvalue weighted by Gasteiger charge is 2.40. The highest BCUT2D eigenvalue weighted by molar-refractivity contribution is 7.89. The van der Waals surface area contributed by atoms with E-state index in [4.69, 9.17) is 15.9 Å². The van der Waals surface area contributed by atoms with Crippen molar-refractivity contribution >= 4 is 34.2 Å². The van der Waals surface area contributed by atoms with E-state index in [1.807, 2.05) is 4.72 Å². The lowest BCUT2D eigenvalue weighted by Crippen LogP contribution is -2.53. The van der Waals surface area contributed by atoms with Crippen LogP contribution in [0.4, 0.5) is 0 Å². The van der Waals surface area contributed by atoms with Crippen LogP contribution in [-0.2, 0) is 14.8 Å². The van der Waals surface area contributed by atoms with Crippen LogP contribution < -0.4 is 21.5 Å². The van der Waals surface area contributed by atoms with Gasteiger partial charge in [-0.2, -0.15) is 4.72 Å². The number of primary amides is 1. The number of carbonyl (C=O) groups excluding carboxylic acids is 2. The van der Waals surface area contributed by atoms with Crippen LogP contribution in [0.25, 0.3) is 0 Å². The van der Waals surface area contributed by atoms with E-state index in [0.717, 1.165) is 32.1 Å². The third-order valence-corrected chi connectivity index (χ3v) is 6.45. The van der Waals surface area contributed by atoms with Crippen LogP contribution in [0.2, 0.25) is 0 Å². The van der Waals surface area contributed by atoms with E-state index in [2.05, 4.69) is 5.32 Å². The second kappa shape index (κ2) is 8.59. The fourth-order valence-electron chi connectivity index (χ4n) is 4.07. The van der Waals surface area contributed by atoms with Crippen molar-refractivity contribution in [3.05, 3.63) is 17.9 Å². The molecule has 0 radical (unpaired) electrons. The minimum atomic E-state index is -4.04. The predicted molar refractivity (Wildman–Crippen MR) is 99.6 cm³/mol. The zero-order chi connectivity index (χ0) is 18.9. The Morgan fingerprint density at radius 1 is 1.19 bits per heavy atom. The zero-order valence-electron chi connectivity index (χ0n) is 14.7. The SMILES string of the molecule is Cl.NC(=O)CNS(=O)(=O)c1ccc(C(=O)NC2C3CCCC2CC(N)C3)o1. The number of nitrogens with one attached hydrogen (secondary N) is 2. The van der Waals surface area contributed by atoms with Crippen molar-refractivity contribution in [1.82, 2.24) is 10.0 Å². The third kappa shape index (κ3) is 5.01. The van der Waals surface area contributed by atoms with Crippen LogP contribution in [0.1, 0.15) is 42.7 Å². The summed E-state index contributed by atoms with van der Waals surface area (Å²) in [5, 5.41) is 2.56. The summed E-state index contributed by atoms with van der Waals surface area (Å²) in [6.07, 6.45) is 4.98. The molecule has 2 aliphatic rings. The van der Waals surface area contributed by atoms with E-state index in [0.29, 0.717) is 11.8 Å². The van der Waals surface area contributed by atoms with E-state index in [1.54, 1.807) is 0 Å². The van der Waals surface area contributed by atoms with Crippen LogP contribution in [-0.4, -0.2) is 38.9 Å². The van der Waals surface area contributed by atoms with Crippen LogP contribution in [0.5, 0.6) is 0 Å². The molecule has 1 aromatic heterocycles. The molecule has 2 aliphatic carbocycles. The van der Waals surface area contributed by atoms with Gasteiger partial charge < -0.3 is 21.2 Å². The van der Waals surface area contributed by atoms with Crippen molar-refractivity contribution in [1.29, 1.82) is 0 Å². The normalized spacial score (nSPS) is 27.4. The number of rotatable bonds is 6. The van der Waals surface area contributed by atoms with Gasteiger partial charge >= 0.3 is 0 Å². The standard InChI is InChI=1S/C16H24N4O5S.ClH/c17-11-6-9-2-1-3-10(7-11)15(9)20-16(22)12-4-5-14(25-12)26(23,24)19-8-13(18)21;/h4-5,9-11,15,19H,1-3,6-8,17H2,(H2,18,21)(H,20,22);1H. The fraction of sp³-hybridized carbons (Fsp3) is 0.625. The fourth-order valence-corrected chi connectivity index (χ4v) is 4.99. The Kier molecular flexibility index (Phi) is 6.90. The number of carbonyl (C=O) groups is 2. The molecule has 3 rings (SSSR count). The van der Waals surface area contributed by atoms with Crippen molar-refractivity contribution in [2.45, 2.75) is 49.3 Å². The lowest BCUT2D eigenvalue weighted by Gasteiger charge is -2.45. The van der Waals surface area contributed by atoms with Gasteiger partial charge in [-0.1, -0.05) is 6.42 Å². The number of hydrogen-bond acceptors (Lipinski definition) is 6. The summed E-state index contributed by atoms with van der Waals surface area (Å²) in [6, 6.07) is 2.69.